The Morgan fingerprint density at radius 3 is 2.43 bits per heavy atom. The van der Waals surface area contributed by atoms with Gasteiger partial charge in [-0.15, -0.1) is 0 Å². The van der Waals surface area contributed by atoms with Crippen molar-refractivity contribution in [3.8, 4) is 5.75 Å². The molecule has 154 valence electrons. The monoisotopic (exact) mass is 404 g/mol. The minimum absolute atomic E-state index is 0.0853. The van der Waals surface area contributed by atoms with Gasteiger partial charge in [0.05, 0.1) is 12.3 Å². The molecule has 0 spiro atoms. The Morgan fingerprint density at radius 1 is 1.03 bits per heavy atom. The predicted molar refractivity (Wildman–Crippen MR) is 115 cm³/mol. The van der Waals surface area contributed by atoms with Crippen molar-refractivity contribution in [2.24, 2.45) is 0 Å². The van der Waals surface area contributed by atoms with Crippen LogP contribution in [0.25, 0.3) is 6.08 Å². The fourth-order valence-electron chi connectivity index (χ4n) is 2.65. The highest BCUT2D eigenvalue weighted by Gasteiger charge is 2.17. The van der Waals surface area contributed by atoms with E-state index in [4.69, 9.17) is 9.15 Å². The fourth-order valence-corrected chi connectivity index (χ4v) is 2.65. The van der Waals surface area contributed by atoms with Gasteiger partial charge in [0.2, 0.25) is 0 Å². The van der Waals surface area contributed by atoms with E-state index in [1.165, 1.54) is 12.3 Å². The minimum atomic E-state index is -0.434. The number of aryl methyl sites for hydroxylation is 1. The maximum atomic E-state index is 12.8. The summed E-state index contributed by atoms with van der Waals surface area (Å²) < 4.78 is 11.0. The summed E-state index contributed by atoms with van der Waals surface area (Å²) in [7, 11) is 0. The van der Waals surface area contributed by atoms with E-state index in [1.807, 2.05) is 56.3 Å². The molecule has 6 nitrogen and oxygen atoms in total. The molecule has 2 amide bonds. The van der Waals surface area contributed by atoms with Crippen LogP contribution in [0, 0.1) is 6.92 Å². The molecule has 0 aliphatic rings. The fraction of sp³-hybridized carbons (Fsp3) is 0.167. The number of carbonyl (C=O) groups excluding carboxylic acids is 2. The van der Waals surface area contributed by atoms with Gasteiger partial charge in [-0.25, -0.2) is 0 Å². The van der Waals surface area contributed by atoms with Crippen LogP contribution in [-0.4, -0.2) is 24.5 Å². The van der Waals surface area contributed by atoms with Crippen LogP contribution in [0.5, 0.6) is 5.75 Å². The summed E-state index contributed by atoms with van der Waals surface area (Å²) in [6.07, 6.45) is 2.99. The van der Waals surface area contributed by atoms with E-state index in [2.05, 4.69) is 10.6 Å². The number of hydrogen-bond donors (Lipinski definition) is 2. The lowest BCUT2D eigenvalue weighted by molar-refractivity contribution is -0.118. The highest BCUT2D eigenvalue weighted by molar-refractivity contribution is 6.05. The number of benzene rings is 2. The second-order valence-electron chi connectivity index (χ2n) is 6.89. The first-order chi connectivity index (χ1) is 14.5. The summed E-state index contributed by atoms with van der Waals surface area (Å²) in [6.45, 7) is 4.05. The molecular weight excluding hydrogens is 380 g/mol. The lowest BCUT2D eigenvalue weighted by Gasteiger charge is -2.17. The van der Waals surface area contributed by atoms with E-state index in [9.17, 15) is 9.59 Å². The third-order valence-corrected chi connectivity index (χ3v) is 4.26. The van der Waals surface area contributed by atoms with Gasteiger partial charge in [0.1, 0.15) is 23.8 Å². The number of carbonyl (C=O) groups is 2. The van der Waals surface area contributed by atoms with Gasteiger partial charge in [-0.1, -0.05) is 35.9 Å². The lowest BCUT2D eigenvalue weighted by atomic mass is 10.1. The number of ether oxygens (including phenoxy) is 1. The molecule has 0 aliphatic carbocycles. The van der Waals surface area contributed by atoms with Crippen LogP contribution in [-0.2, 0) is 4.79 Å². The lowest BCUT2D eigenvalue weighted by Crippen LogP contribution is -2.41. The molecule has 0 bridgehead atoms. The van der Waals surface area contributed by atoms with Crippen molar-refractivity contribution in [2.45, 2.75) is 19.9 Å². The van der Waals surface area contributed by atoms with E-state index >= 15 is 0 Å². The number of nitrogens with one attached hydrogen (secondary N) is 2. The molecule has 30 heavy (non-hydrogen) atoms. The van der Waals surface area contributed by atoms with Crippen LogP contribution in [0.4, 0.5) is 0 Å². The molecule has 0 fully saturated rings. The van der Waals surface area contributed by atoms with Crippen LogP contribution in [0.2, 0.25) is 0 Å². The third kappa shape index (κ3) is 6.10. The molecular formula is C24H24N2O4. The summed E-state index contributed by atoms with van der Waals surface area (Å²) in [4.78, 5) is 25.4. The molecule has 1 aromatic heterocycles. The second-order valence-corrected chi connectivity index (χ2v) is 6.89. The molecule has 6 heteroatoms. The van der Waals surface area contributed by atoms with E-state index in [1.54, 1.807) is 24.3 Å². The average Bonchev–Trinajstić information content (AvgIpc) is 3.26. The first kappa shape index (κ1) is 20.9. The number of amides is 2. The quantitative estimate of drug-likeness (QED) is 0.557. The van der Waals surface area contributed by atoms with Crippen LogP contribution < -0.4 is 15.4 Å². The summed E-state index contributed by atoms with van der Waals surface area (Å²) >= 11 is 0. The molecule has 0 saturated heterocycles. The molecule has 1 heterocycles. The second kappa shape index (κ2) is 10.1. The van der Waals surface area contributed by atoms with Gasteiger partial charge in [0.25, 0.3) is 11.8 Å². The molecule has 3 rings (SSSR count). The van der Waals surface area contributed by atoms with Gasteiger partial charge in [0.15, 0.2) is 0 Å². The smallest absolute Gasteiger partial charge is 0.268 e. The highest BCUT2D eigenvalue weighted by atomic mass is 16.5. The van der Waals surface area contributed by atoms with E-state index in [0.717, 1.165) is 11.3 Å². The number of hydrogen-bond acceptors (Lipinski definition) is 4. The standard InChI is InChI=1S/C24H24N2O4/c1-17-10-12-19(13-11-17)23(27)26-22(15-21-9-6-14-29-21)24(28)25-18(2)16-30-20-7-4-3-5-8-20/h3-15,18H,16H2,1-2H3,(H,25,28)(H,26,27)/b22-15-/t18-/m0/s1. The van der Waals surface area contributed by atoms with Gasteiger partial charge in [-0.2, -0.15) is 0 Å². The molecule has 1 atom stereocenters. The predicted octanol–water partition coefficient (Wildman–Crippen LogP) is 3.94. The SMILES string of the molecule is Cc1ccc(C(=O)N/C(=C\c2ccco2)C(=O)N[C@@H](C)COc2ccccc2)cc1. The van der Waals surface area contributed by atoms with Crippen molar-refractivity contribution in [1.29, 1.82) is 0 Å². The maximum Gasteiger partial charge on any atom is 0.268 e. The molecule has 0 radical (unpaired) electrons. The van der Waals surface area contributed by atoms with Crippen molar-refractivity contribution in [1.82, 2.24) is 10.6 Å². The first-order valence-electron chi connectivity index (χ1n) is 9.63. The zero-order chi connectivity index (χ0) is 21.3. The largest absolute Gasteiger partial charge is 0.491 e. The Labute approximate surface area is 175 Å². The number of furan rings is 1. The van der Waals surface area contributed by atoms with Crippen molar-refractivity contribution < 1.29 is 18.7 Å². The van der Waals surface area contributed by atoms with Crippen LogP contribution in [0.1, 0.15) is 28.6 Å². The summed E-state index contributed by atoms with van der Waals surface area (Å²) in [6, 6.07) is 19.6. The van der Waals surface area contributed by atoms with Crippen LogP contribution >= 0.6 is 0 Å². The Hall–Kier alpha value is -3.80. The van der Waals surface area contributed by atoms with Gasteiger partial charge in [-0.3, -0.25) is 9.59 Å². The van der Waals surface area contributed by atoms with Gasteiger partial charge >= 0.3 is 0 Å². The van der Waals surface area contributed by atoms with Gasteiger partial charge in [0, 0.05) is 11.6 Å². The molecule has 2 aromatic carbocycles. The van der Waals surface area contributed by atoms with Gasteiger partial charge in [-0.05, 0) is 50.2 Å². The topological polar surface area (TPSA) is 80.6 Å². The summed E-state index contributed by atoms with van der Waals surface area (Å²) in [5.74, 6) is 0.363. The van der Waals surface area contributed by atoms with Crippen molar-refractivity contribution >= 4 is 17.9 Å². The molecule has 0 aliphatic heterocycles. The van der Waals surface area contributed by atoms with Crippen molar-refractivity contribution in [3.05, 3.63) is 95.6 Å². The Balaban J connectivity index is 1.67. The third-order valence-electron chi connectivity index (χ3n) is 4.26. The van der Waals surface area contributed by atoms with Crippen molar-refractivity contribution in [3.63, 3.8) is 0 Å². The Kier molecular flexibility index (Phi) is 7.05. The van der Waals surface area contributed by atoms with E-state index in [-0.39, 0.29) is 24.3 Å². The Morgan fingerprint density at radius 2 is 1.77 bits per heavy atom. The van der Waals surface area contributed by atoms with Crippen LogP contribution in [0.15, 0.2) is 83.1 Å². The van der Waals surface area contributed by atoms with Crippen LogP contribution in [0.3, 0.4) is 0 Å². The highest BCUT2D eigenvalue weighted by Crippen LogP contribution is 2.10. The van der Waals surface area contributed by atoms with E-state index in [0.29, 0.717) is 11.3 Å². The Bertz CT molecular complexity index is 993. The summed E-state index contributed by atoms with van der Waals surface area (Å²) in [5, 5.41) is 5.52. The zero-order valence-corrected chi connectivity index (χ0v) is 16.9. The van der Waals surface area contributed by atoms with Crippen molar-refractivity contribution in [2.75, 3.05) is 6.61 Å². The molecule has 0 saturated carbocycles. The number of rotatable bonds is 8. The molecule has 2 N–H and O–H groups in total. The minimum Gasteiger partial charge on any atom is -0.491 e. The van der Waals surface area contributed by atoms with E-state index < -0.39 is 5.91 Å². The molecule has 0 unspecified atom stereocenters. The average molecular weight is 404 g/mol. The van der Waals surface area contributed by atoms with Gasteiger partial charge < -0.3 is 19.8 Å². The number of para-hydroxylation sites is 1. The zero-order valence-electron chi connectivity index (χ0n) is 16.9. The first-order valence-corrected chi connectivity index (χ1v) is 9.63. The summed E-state index contributed by atoms with van der Waals surface area (Å²) in [5.41, 5.74) is 1.59. The normalized spacial score (nSPS) is 12.1. The maximum absolute atomic E-state index is 12.8. The molecule has 3 aromatic rings.